The first-order valence-corrected chi connectivity index (χ1v) is 10.8. The average molecular weight is 473 g/mol. The van der Waals surface area contributed by atoms with Crippen LogP contribution >= 0.6 is 0 Å². The number of piperazine rings is 1. The van der Waals surface area contributed by atoms with Crippen molar-refractivity contribution in [2.45, 2.75) is 26.0 Å². The van der Waals surface area contributed by atoms with E-state index in [0.29, 0.717) is 48.4 Å². The van der Waals surface area contributed by atoms with Gasteiger partial charge in [-0.3, -0.25) is 4.79 Å². The van der Waals surface area contributed by atoms with Crippen molar-refractivity contribution in [2.24, 2.45) is 0 Å². The molecule has 12 heteroatoms. The molecule has 180 valence electrons. The molecular weight excluding hydrogens is 446 g/mol. The number of aromatic nitrogens is 5. The number of ether oxygens (including phenoxy) is 1. The molecule has 34 heavy (non-hydrogen) atoms. The second-order valence-corrected chi connectivity index (χ2v) is 8.13. The van der Waals surface area contributed by atoms with E-state index < -0.39 is 6.43 Å². The molecule has 0 saturated carbocycles. The Bertz CT molecular complexity index is 1120. The molecule has 1 aromatic carbocycles. The summed E-state index contributed by atoms with van der Waals surface area (Å²) in [6.45, 7) is 3.79. The van der Waals surface area contributed by atoms with Gasteiger partial charge in [-0.2, -0.15) is 0 Å². The van der Waals surface area contributed by atoms with E-state index in [1.165, 1.54) is 12.1 Å². The molecule has 4 rings (SSSR count). The number of hydrogen-bond acceptors (Lipinski definition) is 8. The van der Waals surface area contributed by atoms with Gasteiger partial charge >= 0.3 is 0 Å². The number of halogens is 2. The van der Waals surface area contributed by atoms with Crippen LogP contribution in [0.15, 0.2) is 36.4 Å². The van der Waals surface area contributed by atoms with E-state index in [4.69, 9.17) is 4.74 Å². The Hall–Kier alpha value is -3.67. The summed E-state index contributed by atoms with van der Waals surface area (Å²) >= 11 is 0. The highest BCUT2D eigenvalue weighted by atomic mass is 19.3. The van der Waals surface area contributed by atoms with Gasteiger partial charge in [-0.15, -0.1) is 15.3 Å². The number of likely N-dealkylation sites (N-methyl/N-ethyl adjacent to an activating group) is 1. The lowest BCUT2D eigenvalue weighted by molar-refractivity contribution is -0.130. The fourth-order valence-electron chi connectivity index (χ4n) is 3.65. The first-order chi connectivity index (χ1) is 16.3. The number of alkyl halides is 2. The number of nitrogens with zero attached hydrogens (tertiary/aromatic N) is 7. The molecule has 1 aliphatic rings. The second kappa shape index (κ2) is 10.1. The van der Waals surface area contributed by atoms with Gasteiger partial charge in [0.25, 0.3) is 6.43 Å². The molecule has 0 radical (unpaired) electrons. The molecule has 1 atom stereocenters. The summed E-state index contributed by atoms with van der Waals surface area (Å²) in [4.78, 5) is 15.8. The SMILES string of the molecule is Cc1nnn(-c2ccc(C(F)F)cc2)c1COc1ccc(N2CCNC(C(=O)N(C)C)C2)nn1. The maximum atomic E-state index is 12.8. The largest absolute Gasteiger partial charge is 0.470 e. The van der Waals surface area contributed by atoms with Crippen LogP contribution in [0.25, 0.3) is 5.69 Å². The van der Waals surface area contributed by atoms with Gasteiger partial charge in [0.2, 0.25) is 11.8 Å². The number of carbonyl (C=O) groups excluding carboxylic acids is 1. The number of nitrogens with one attached hydrogen (secondary N) is 1. The fraction of sp³-hybridized carbons (Fsp3) is 0.409. The molecule has 1 N–H and O–H groups in total. The van der Waals surface area contributed by atoms with Crippen LogP contribution in [0.5, 0.6) is 5.88 Å². The first kappa shape index (κ1) is 23.5. The Kier molecular flexibility index (Phi) is 6.96. The number of amides is 1. The van der Waals surface area contributed by atoms with Gasteiger partial charge in [-0.05, 0) is 25.1 Å². The maximum Gasteiger partial charge on any atom is 0.263 e. The second-order valence-electron chi connectivity index (χ2n) is 8.13. The molecule has 2 aromatic heterocycles. The molecule has 1 unspecified atom stereocenters. The summed E-state index contributed by atoms with van der Waals surface area (Å²) in [5.74, 6) is 0.995. The minimum Gasteiger partial charge on any atom is -0.470 e. The third kappa shape index (κ3) is 5.11. The van der Waals surface area contributed by atoms with Gasteiger partial charge in [0, 0.05) is 45.4 Å². The number of aryl methyl sites for hydroxylation is 1. The van der Waals surface area contributed by atoms with Crippen molar-refractivity contribution in [1.82, 2.24) is 35.4 Å². The van der Waals surface area contributed by atoms with Gasteiger partial charge in [-0.1, -0.05) is 17.3 Å². The quantitative estimate of drug-likeness (QED) is 0.555. The van der Waals surface area contributed by atoms with Crippen molar-refractivity contribution in [3.8, 4) is 11.6 Å². The number of rotatable bonds is 7. The van der Waals surface area contributed by atoms with Gasteiger partial charge in [-0.25, -0.2) is 13.5 Å². The van der Waals surface area contributed by atoms with E-state index in [9.17, 15) is 13.6 Å². The van der Waals surface area contributed by atoms with Crippen LogP contribution in [-0.2, 0) is 11.4 Å². The number of carbonyl (C=O) groups is 1. The molecule has 0 spiro atoms. The number of hydrogen-bond donors (Lipinski definition) is 1. The van der Waals surface area contributed by atoms with Crippen LogP contribution in [-0.4, -0.2) is 75.8 Å². The van der Waals surface area contributed by atoms with Crippen LogP contribution in [0.3, 0.4) is 0 Å². The van der Waals surface area contributed by atoms with Crippen LogP contribution in [0.1, 0.15) is 23.4 Å². The molecule has 1 saturated heterocycles. The summed E-state index contributed by atoms with van der Waals surface area (Å²) in [6, 6.07) is 9.07. The van der Waals surface area contributed by atoms with Gasteiger partial charge in [0.05, 0.1) is 11.4 Å². The van der Waals surface area contributed by atoms with E-state index >= 15 is 0 Å². The van der Waals surface area contributed by atoms with E-state index in [-0.39, 0.29) is 24.1 Å². The van der Waals surface area contributed by atoms with Crippen molar-refractivity contribution in [2.75, 3.05) is 38.6 Å². The molecule has 10 nitrogen and oxygen atoms in total. The molecule has 0 aliphatic carbocycles. The van der Waals surface area contributed by atoms with Crippen molar-refractivity contribution >= 4 is 11.7 Å². The molecule has 1 aliphatic heterocycles. The Labute approximate surface area is 195 Å². The number of anilines is 1. The highest BCUT2D eigenvalue weighted by Crippen LogP contribution is 2.22. The van der Waals surface area contributed by atoms with Gasteiger partial charge in [0.15, 0.2) is 5.82 Å². The van der Waals surface area contributed by atoms with Crippen molar-refractivity contribution in [3.05, 3.63) is 53.3 Å². The molecule has 1 amide bonds. The highest BCUT2D eigenvalue weighted by molar-refractivity contribution is 5.82. The first-order valence-electron chi connectivity index (χ1n) is 10.8. The molecule has 3 heterocycles. The van der Waals surface area contributed by atoms with Crippen LogP contribution in [0.4, 0.5) is 14.6 Å². The van der Waals surface area contributed by atoms with Crippen LogP contribution < -0.4 is 15.0 Å². The Morgan fingerprint density at radius 1 is 1.18 bits per heavy atom. The normalized spacial score (nSPS) is 16.1. The third-order valence-electron chi connectivity index (χ3n) is 5.57. The molecule has 0 bridgehead atoms. The van der Waals surface area contributed by atoms with E-state index in [0.717, 1.165) is 0 Å². The Balaban J connectivity index is 1.41. The molecular formula is C22H26F2N8O2. The summed E-state index contributed by atoms with van der Waals surface area (Å²) in [5, 5.41) is 19.8. The zero-order valence-corrected chi connectivity index (χ0v) is 19.2. The van der Waals surface area contributed by atoms with Crippen molar-refractivity contribution in [3.63, 3.8) is 0 Å². The van der Waals surface area contributed by atoms with Crippen LogP contribution in [0, 0.1) is 6.92 Å². The van der Waals surface area contributed by atoms with E-state index in [2.05, 4.69) is 25.8 Å². The highest BCUT2D eigenvalue weighted by Gasteiger charge is 2.27. The summed E-state index contributed by atoms with van der Waals surface area (Å²) < 4.78 is 33.0. The Morgan fingerprint density at radius 3 is 2.59 bits per heavy atom. The maximum absolute atomic E-state index is 12.8. The lowest BCUT2D eigenvalue weighted by atomic mass is 10.2. The van der Waals surface area contributed by atoms with E-state index in [1.54, 1.807) is 54.9 Å². The fourth-order valence-corrected chi connectivity index (χ4v) is 3.65. The standard InChI is InChI=1S/C22H26F2N8O2/c1-14-18(32(29-26-14)16-6-4-15(5-7-16)21(23)24)13-34-20-9-8-19(27-28-20)31-11-10-25-17(12-31)22(33)30(2)3/h4-9,17,21,25H,10-13H2,1-3H3. The van der Waals surface area contributed by atoms with Crippen LogP contribution in [0.2, 0.25) is 0 Å². The smallest absolute Gasteiger partial charge is 0.263 e. The van der Waals surface area contributed by atoms with E-state index in [1.807, 2.05) is 4.90 Å². The lowest BCUT2D eigenvalue weighted by Gasteiger charge is -2.34. The molecule has 3 aromatic rings. The lowest BCUT2D eigenvalue weighted by Crippen LogP contribution is -2.57. The summed E-state index contributed by atoms with van der Waals surface area (Å²) in [5.41, 5.74) is 1.86. The topological polar surface area (TPSA) is 101 Å². The summed E-state index contributed by atoms with van der Waals surface area (Å²) in [6.07, 6.45) is -2.53. The Morgan fingerprint density at radius 2 is 1.94 bits per heavy atom. The summed E-state index contributed by atoms with van der Waals surface area (Å²) in [7, 11) is 3.47. The number of benzene rings is 1. The van der Waals surface area contributed by atoms with Crippen molar-refractivity contribution < 1.29 is 18.3 Å². The van der Waals surface area contributed by atoms with Gasteiger partial charge in [0.1, 0.15) is 18.3 Å². The third-order valence-corrected chi connectivity index (χ3v) is 5.57. The minimum absolute atomic E-state index is 0.0158. The van der Waals surface area contributed by atoms with Gasteiger partial charge < -0.3 is 19.9 Å². The predicted octanol–water partition coefficient (Wildman–Crippen LogP) is 1.75. The minimum atomic E-state index is -2.53. The average Bonchev–Trinajstić information content (AvgIpc) is 3.22. The zero-order chi connectivity index (χ0) is 24.2. The molecule has 1 fully saturated rings. The zero-order valence-electron chi connectivity index (χ0n) is 19.2. The monoisotopic (exact) mass is 472 g/mol. The van der Waals surface area contributed by atoms with Crippen molar-refractivity contribution in [1.29, 1.82) is 0 Å². The predicted molar refractivity (Wildman–Crippen MR) is 120 cm³/mol.